The number of hydrogen-bond acceptors (Lipinski definition) is 2. The van der Waals surface area contributed by atoms with Crippen LogP contribution in [0.4, 0.5) is 0 Å². The molecule has 0 aliphatic carbocycles. The molecule has 3 rings (SSSR count). The van der Waals surface area contributed by atoms with E-state index in [0.717, 1.165) is 34.3 Å². The standard InChI is InChI=1S/C14H12BrCl2NO/c1-7-9-6-11(14(2,15)17)19-13(9)8-4-3-5-10(16)12(8)18-7/h3-5,11H,6H2,1-2H3. The molecule has 0 bridgehead atoms. The molecule has 100 valence electrons. The van der Waals surface area contributed by atoms with E-state index in [4.69, 9.17) is 27.9 Å². The highest BCUT2D eigenvalue weighted by molar-refractivity contribution is 9.10. The van der Waals surface area contributed by atoms with Gasteiger partial charge in [0.1, 0.15) is 15.6 Å². The second-order valence-electron chi connectivity index (χ2n) is 4.91. The number of aryl methyl sites for hydroxylation is 1. The van der Waals surface area contributed by atoms with Gasteiger partial charge in [0.15, 0.2) is 0 Å². The van der Waals surface area contributed by atoms with Crippen LogP contribution < -0.4 is 4.74 Å². The van der Waals surface area contributed by atoms with E-state index in [-0.39, 0.29) is 6.10 Å². The lowest BCUT2D eigenvalue weighted by Crippen LogP contribution is -2.31. The quantitative estimate of drug-likeness (QED) is 0.678. The van der Waals surface area contributed by atoms with Crippen LogP contribution in [0.15, 0.2) is 18.2 Å². The Morgan fingerprint density at radius 2 is 2.21 bits per heavy atom. The van der Waals surface area contributed by atoms with Crippen molar-refractivity contribution in [2.24, 2.45) is 0 Å². The maximum absolute atomic E-state index is 6.31. The van der Waals surface area contributed by atoms with Crippen LogP contribution in [0, 0.1) is 6.92 Å². The number of hydrogen-bond donors (Lipinski definition) is 0. The van der Waals surface area contributed by atoms with E-state index in [1.807, 2.05) is 32.0 Å². The number of halogens is 3. The molecule has 19 heavy (non-hydrogen) atoms. The van der Waals surface area contributed by atoms with E-state index >= 15 is 0 Å². The van der Waals surface area contributed by atoms with E-state index in [0.29, 0.717) is 5.02 Å². The lowest BCUT2D eigenvalue weighted by molar-refractivity contribution is 0.225. The number of nitrogens with zero attached hydrogens (tertiary/aromatic N) is 1. The predicted molar refractivity (Wildman–Crippen MR) is 82.8 cm³/mol. The second-order valence-corrected chi connectivity index (χ2v) is 8.20. The molecule has 0 saturated heterocycles. The molecule has 1 aromatic carbocycles. The molecule has 0 radical (unpaired) electrons. The molecule has 0 fully saturated rings. The highest BCUT2D eigenvalue weighted by atomic mass is 79.9. The van der Waals surface area contributed by atoms with Crippen molar-refractivity contribution in [2.75, 3.05) is 0 Å². The summed E-state index contributed by atoms with van der Waals surface area (Å²) in [7, 11) is 0. The molecule has 0 N–H and O–H groups in total. The minimum absolute atomic E-state index is 0.116. The van der Waals surface area contributed by atoms with E-state index < -0.39 is 3.78 Å². The van der Waals surface area contributed by atoms with Gasteiger partial charge < -0.3 is 4.74 Å². The molecule has 2 unspecified atom stereocenters. The lowest BCUT2D eigenvalue weighted by Gasteiger charge is -2.21. The fraction of sp³-hybridized carbons (Fsp3) is 0.357. The van der Waals surface area contributed by atoms with E-state index in [9.17, 15) is 0 Å². The molecular formula is C14H12BrCl2NO. The molecule has 5 heteroatoms. The third-order valence-corrected chi connectivity index (χ3v) is 4.50. The van der Waals surface area contributed by atoms with Crippen molar-refractivity contribution in [2.45, 2.75) is 30.2 Å². The van der Waals surface area contributed by atoms with Crippen LogP contribution in [0.5, 0.6) is 5.75 Å². The Labute approximate surface area is 130 Å². The first-order valence-corrected chi connectivity index (χ1v) is 7.55. The van der Waals surface area contributed by atoms with Crippen LogP contribution >= 0.6 is 39.1 Å². The van der Waals surface area contributed by atoms with Crippen molar-refractivity contribution >= 4 is 50.0 Å². The summed E-state index contributed by atoms with van der Waals surface area (Å²) in [6.07, 6.45) is 0.635. The van der Waals surface area contributed by atoms with Gasteiger partial charge in [-0.15, -0.1) is 11.6 Å². The van der Waals surface area contributed by atoms with Gasteiger partial charge in [-0.3, -0.25) is 4.98 Å². The number of pyridine rings is 1. The zero-order valence-corrected chi connectivity index (χ0v) is 13.6. The molecule has 2 heterocycles. The van der Waals surface area contributed by atoms with Crippen molar-refractivity contribution in [3.8, 4) is 5.75 Å². The number of benzene rings is 1. The summed E-state index contributed by atoms with van der Waals surface area (Å²) in [4.78, 5) is 4.59. The Bertz CT molecular complexity index is 667. The van der Waals surface area contributed by atoms with Gasteiger partial charge in [-0.05, 0) is 26.0 Å². The highest BCUT2D eigenvalue weighted by Crippen LogP contribution is 2.44. The summed E-state index contributed by atoms with van der Waals surface area (Å²) in [5.74, 6) is 0.862. The first-order chi connectivity index (χ1) is 8.88. The summed E-state index contributed by atoms with van der Waals surface area (Å²) in [5, 5.41) is 1.59. The molecule has 1 aromatic heterocycles. The van der Waals surface area contributed by atoms with Gasteiger partial charge in [0.05, 0.1) is 10.5 Å². The molecule has 0 spiro atoms. The minimum Gasteiger partial charge on any atom is -0.486 e. The Hall–Kier alpha value is -0.510. The Morgan fingerprint density at radius 1 is 1.47 bits per heavy atom. The van der Waals surface area contributed by atoms with Gasteiger partial charge >= 0.3 is 0 Å². The Kier molecular flexibility index (Phi) is 3.19. The largest absolute Gasteiger partial charge is 0.486 e. The molecule has 0 saturated carbocycles. The average molecular weight is 361 g/mol. The maximum atomic E-state index is 6.31. The summed E-state index contributed by atoms with van der Waals surface area (Å²) in [5.41, 5.74) is 2.85. The topological polar surface area (TPSA) is 22.1 Å². The zero-order chi connectivity index (χ0) is 13.8. The summed E-state index contributed by atoms with van der Waals surface area (Å²) in [6.45, 7) is 3.87. The van der Waals surface area contributed by atoms with E-state index in [2.05, 4.69) is 20.9 Å². The van der Waals surface area contributed by atoms with Crippen LogP contribution in [-0.4, -0.2) is 14.9 Å². The average Bonchev–Trinajstić information content (AvgIpc) is 2.76. The lowest BCUT2D eigenvalue weighted by atomic mass is 10.0. The third kappa shape index (κ3) is 2.22. The summed E-state index contributed by atoms with van der Waals surface area (Å²) < 4.78 is 5.45. The van der Waals surface area contributed by atoms with Gasteiger partial charge in [0.2, 0.25) is 0 Å². The molecule has 1 aliphatic rings. The number of alkyl halides is 2. The zero-order valence-electron chi connectivity index (χ0n) is 10.5. The van der Waals surface area contributed by atoms with E-state index in [1.165, 1.54) is 0 Å². The fourth-order valence-electron chi connectivity index (χ4n) is 2.40. The predicted octanol–water partition coefficient (Wildman–Crippen LogP) is 4.85. The maximum Gasteiger partial charge on any atom is 0.134 e. The number of fused-ring (bicyclic) bond motifs is 3. The number of para-hydroxylation sites is 1. The molecule has 2 nitrogen and oxygen atoms in total. The van der Waals surface area contributed by atoms with Crippen molar-refractivity contribution in [1.82, 2.24) is 4.98 Å². The van der Waals surface area contributed by atoms with E-state index in [1.54, 1.807) is 0 Å². The van der Waals surface area contributed by atoms with Crippen LogP contribution in [0.25, 0.3) is 10.9 Å². The molecule has 0 amide bonds. The summed E-state index contributed by atoms with van der Waals surface area (Å²) in [6, 6.07) is 5.73. The highest BCUT2D eigenvalue weighted by Gasteiger charge is 2.38. The monoisotopic (exact) mass is 359 g/mol. The van der Waals surface area contributed by atoms with Crippen molar-refractivity contribution in [1.29, 1.82) is 0 Å². The Balaban J connectivity index is 2.22. The Morgan fingerprint density at radius 3 is 2.89 bits per heavy atom. The molecular weight excluding hydrogens is 349 g/mol. The van der Waals surface area contributed by atoms with Gasteiger partial charge in [0.25, 0.3) is 0 Å². The molecule has 2 aromatic rings. The second kappa shape index (κ2) is 4.51. The first-order valence-electron chi connectivity index (χ1n) is 6.00. The minimum atomic E-state index is -0.594. The SMILES string of the molecule is Cc1nc2c(Cl)cccc2c2c1CC(C(C)(Cl)Br)O2. The number of ether oxygens (including phenoxy) is 1. The van der Waals surface area contributed by atoms with Gasteiger partial charge in [-0.2, -0.15) is 0 Å². The molecule has 1 aliphatic heterocycles. The smallest absolute Gasteiger partial charge is 0.134 e. The van der Waals surface area contributed by atoms with Crippen molar-refractivity contribution < 1.29 is 4.74 Å². The number of rotatable bonds is 1. The van der Waals surface area contributed by atoms with Crippen molar-refractivity contribution in [3.05, 3.63) is 34.5 Å². The van der Waals surface area contributed by atoms with Gasteiger partial charge in [-0.1, -0.05) is 33.6 Å². The molecule has 2 atom stereocenters. The van der Waals surface area contributed by atoms with Crippen LogP contribution in [0.1, 0.15) is 18.2 Å². The first kappa shape index (κ1) is 13.5. The van der Waals surface area contributed by atoms with Crippen LogP contribution in [0.2, 0.25) is 5.02 Å². The number of aromatic nitrogens is 1. The third-order valence-electron chi connectivity index (χ3n) is 3.44. The normalized spacial score (nSPS) is 21.0. The summed E-state index contributed by atoms with van der Waals surface area (Å²) >= 11 is 16.0. The van der Waals surface area contributed by atoms with Gasteiger partial charge in [-0.25, -0.2) is 0 Å². The van der Waals surface area contributed by atoms with Crippen LogP contribution in [-0.2, 0) is 6.42 Å². The van der Waals surface area contributed by atoms with Gasteiger partial charge in [0, 0.05) is 23.1 Å². The fourth-order valence-corrected chi connectivity index (χ4v) is 3.00. The van der Waals surface area contributed by atoms with Crippen LogP contribution in [0.3, 0.4) is 0 Å². The van der Waals surface area contributed by atoms with Crippen molar-refractivity contribution in [3.63, 3.8) is 0 Å².